The molecule has 1 unspecified atom stereocenters. The second-order valence-corrected chi connectivity index (χ2v) is 6.95. The topological polar surface area (TPSA) is 38.3 Å². The zero-order valence-electron chi connectivity index (χ0n) is 15.9. The van der Waals surface area contributed by atoms with Crippen LogP contribution < -0.4 is 10.1 Å². The van der Waals surface area contributed by atoms with E-state index in [4.69, 9.17) is 4.74 Å². The molecule has 25 heavy (non-hydrogen) atoms. The van der Waals surface area contributed by atoms with Crippen LogP contribution in [0, 0.1) is 0 Å². The number of hydrogen-bond acceptors (Lipinski definition) is 2. The Kier molecular flexibility index (Phi) is 6.63. The van der Waals surface area contributed by atoms with Gasteiger partial charge in [-0.25, -0.2) is 0 Å². The van der Waals surface area contributed by atoms with Crippen LogP contribution in [-0.4, -0.2) is 12.0 Å². The minimum Gasteiger partial charge on any atom is -0.491 e. The lowest BCUT2D eigenvalue weighted by Gasteiger charge is -2.18. The predicted octanol–water partition coefficient (Wildman–Crippen LogP) is 5.48. The number of benzene rings is 2. The molecule has 0 aromatic heterocycles. The first-order chi connectivity index (χ1) is 11.9. The van der Waals surface area contributed by atoms with Gasteiger partial charge in [0, 0.05) is 5.56 Å². The summed E-state index contributed by atoms with van der Waals surface area (Å²) in [6.45, 7) is 10.4. The molecule has 2 aromatic rings. The van der Waals surface area contributed by atoms with Gasteiger partial charge in [0.15, 0.2) is 0 Å². The lowest BCUT2D eigenvalue weighted by atomic mass is 9.98. The zero-order chi connectivity index (χ0) is 18.4. The first-order valence-corrected chi connectivity index (χ1v) is 9.08. The van der Waals surface area contributed by atoms with Crippen LogP contribution in [0.3, 0.4) is 0 Å². The van der Waals surface area contributed by atoms with Crippen LogP contribution in [0.4, 0.5) is 0 Å². The molecule has 0 aliphatic heterocycles. The summed E-state index contributed by atoms with van der Waals surface area (Å²) in [5.41, 5.74) is 3.10. The van der Waals surface area contributed by atoms with Gasteiger partial charge in [0.05, 0.1) is 12.1 Å². The third-order valence-electron chi connectivity index (χ3n) is 4.21. The molecule has 2 aromatic carbocycles. The summed E-state index contributed by atoms with van der Waals surface area (Å²) >= 11 is 0. The molecule has 0 radical (unpaired) electrons. The average molecular weight is 339 g/mol. The molecule has 1 N–H and O–H groups in total. The second kappa shape index (κ2) is 8.70. The van der Waals surface area contributed by atoms with E-state index in [0.29, 0.717) is 11.5 Å². The smallest absolute Gasteiger partial charge is 0.251 e. The van der Waals surface area contributed by atoms with Gasteiger partial charge in [-0.05, 0) is 61.6 Å². The molecule has 1 amide bonds. The van der Waals surface area contributed by atoms with Crippen molar-refractivity contribution in [2.24, 2.45) is 0 Å². The number of ether oxygens (including phenoxy) is 1. The highest BCUT2D eigenvalue weighted by atomic mass is 16.5. The Labute approximate surface area is 151 Å². The molecular formula is C22H29NO2. The summed E-state index contributed by atoms with van der Waals surface area (Å²) in [7, 11) is 0. The van der Waals surface area contributed by atoms with Crippen LogP contribution in [-0.2, 0) is 0 Å². The maximum Gasteiger partial charge on any atom is 0.251 e. The number of carbonyl (C=O) groups excluding carboxylic acids is 1. The standard InChI is InChI=1S/C22H29NO2/c1-6-21(18-9-7-17(8-10-18)15(2)3)23-22(24)19-11-13-20(14-12-19)25-16(4)5/h7-16,21H,6H2,1-5H3,(H,23,24). The Balaban J connectivity index is 2.06. The van der Waals surface area contributed by atoms with Crippen LogP contribution in [0.1, 0.15) is 74.5 Å². The Morgan fingerprint density at radius 2 is 1.48 bits per heavy atom. The van der Waals surface area contributed by atoms with Crippen LogP contribution in [0.15, 0.2) is 48.5 Å². The minimum absolute atomic E-state index is 0.0142. The summed E-state index contributed by atoms with van der Waals surface area (Å²) in [4.78, 5) is 12.5. The SMILES string of the molecule is CCC(NC(=O)c1ccc(OC(C)C)cc1)c1ccc(C(C)C)cc1. The molecule has 0 heterocycles. The van der Waals surface area contributed by atoms with E-state index >= 15 is 0 Å². The summed E-state index contributed by atoms with van der Waals surface area (Å²) in [6, 6.07) is 15.8. The summed E-state index contributed by atoms with van der Waals surface area (Å²) in [5, 5.41) is 3.13. The van der Waals surface area contributed by atoms with Gasteiger partial charge in [0.25, 0.3) is 5.91 Å². The quantitative estimate of drug-likeness (QED) is 0.725. The van der Waals surface area contributed by atoms with Crippen molar-refractivity contribution in [1.82, 2.24) is 5.32 Å². The van der Waals surface area contributed by atoms with Crippen LogP contribution in [0.2, 0.25) is 0 Å². The van der Waals surface area contributed by atoms with Gasteiger partial charge in [-0.1, -0.05) is 45.0 Å². The van der Waals surface area contributed by atoms with Crippen molar-refractivity contribution >= 4 is 5.91 Å². The van der Waals surface area contributed by atoms with Gasteiger partial charge in [0.1, 0.15) is 5.75 Å². The Morgan fingerprint density at radius 3 is 1.96 bits per heavy atom. The third-order valence-corrected chi connectivity index (χ3v) is 4.21. The van der Waals surface area contributed by atoms with E-state index in [9.17, 15) is 4.79 Å². The summed E-state index contributed by atoms with van der Waals surface area (Å²) in [5.74, 6) is 1.23. The van der Waals surface area contributed by atoms with E-state index in [1.807, 2.05) is 38.1 Å². The van der Waals surface area contributed by atoms with E-state index in [1.165, 1.54) is 5.56 Å². The minimum atomic E-state index is -0.0594. The second-order valence-electron chi connectivity index (χ2n) is 6.95. The molecular weight excluding hydrogens is 310 g/mol. The van der Waals surface area contributed by atoms with Gasteiger partial charge in [-0.15, -0.1) is 0 Å². The van der Waals surface area contributed by atoms with Crippen molar-refractivity contribution in [3.8, 4) is 5.75 Å². The van der Waals surface area contributed by atoms with Gasteiger partial charge < -0.3 is 10.1 Å². The van der Waals surface area contributed by atoms with Crippen molar-refractivity contribution in [3.63, 3.8) is 0 Å². The van der Waals surface area contributed by atoms with Gasteiger partial charge >= 0.3 is 0 Å². The fourth-order valence-electron chi connectivity index (χ4n) is 2.73. The van der Waals surface area contributed by atoms with E-state index in [2.05, 4.69) is 50.4 Å². The van der Waals surface area contributed by atoms with E-state index < -0.39 is 0 Å². The Morgan fingerprint density at radius 1 is 0.920 bits per heavy atom. The van der Waals surface area contributed by atoms with Crippen molar-refractivity contribution in [3.05, 3.63) is 65.2 Å². The average Bonchev–Trinajstić information content (AvgIpc) is 2.59. The fourth-order valence-corrected chi connectivity index (χ4v) is 2.73. The molecule has 1 atom stereocenters. The third kappa shape index (κ3) is 5.35. The highest BCUT2D eigenvalue weighted by Gasteiger charge is 2.14. The molecule has 3 nitrogen and oxygen atoms in total. The van der Waals surface area contributed by atoms with Crippen LogP contribution in [0.5, 0.6) is 5.75 Å². The number of carbonyl (C=O) groups is 1. The first kappa shape index (κ1) is 19.0. The van der Waals surface area contributed by atoms with E-state index in [-0.39, 0.29) is 18.1 Å². The van der Waals surface area contributed by atoms with Crippen molar-refractivity contribution < 1.29 is 9.53 Å². The molecule has 134 valence electrons. The molecule has 0 saturated carbocycles. The zero-order valence-corrected chi connectivity index (χ0v) is 15.9. The number of hydrogen-bond donors (Lipinski definition) is 1. The van der Waals surface area contributed by atoms with Crippen molar-refractivity contribution in [2.75, 3.05) is 0 Å². The monoisotopic (exact) mass is 339 g/mol. The first-order valence-electron chi connectivity index (χ1n) is 9.08. The van der Waals surface area contributed by atoms with Gasteiger partial charge in [0.2, 0.25) is 0 Å². The molecule has 2 rings (SSSR count). The highest BCUT2D eigenvalue weighted by molar-refractivity contribution is 5.94. The van der Waals surface area contributed by atoms with Crippen molar-refractivity contribution in [2.45, 2.75) is 59.1 Å². The summed E-state index contributed by atoms with van der Waals surface area (Å²) in [6.07, 6.45) is 0.972. The maximum absolute atomic E-state index is 12.5. The maximum atomic E-state index is 12.5. The molecule has 0 saturated heterocycles. The number of amides is 1. The van der Waals surface area contributed by atoms with E-state index in [1.54, 1.807) is 0 Å². The predicted molar refractivity (Wildman–Crippen MR) is 103 cm³/mol. The Bertz CT molecular complexity index is 672. The number of nitrogens with one attached hydrogen (secondary N) is 1. The molecule has 0 bridgehead atoms. The van der Waals surface area contributed by atoms with Crippen LogP contribution in [0.25, 0.3) is 0 Å². The molecule has 0 spiro atoms. The molecule has 0 aliphatic rings. The largest absolute Gasteiger partial charge is 0.491 e. The lowest BCUT2D eigenvalue weighted by molar-refractivity contribution is 0.0935. The van der Waals surface area contributed by atoms with Crippen LogP contribution >= 0.6 is 0 Å². The summed E-state index contributed by atoms with van der Waals surface area (Å²) < 4.78 is 5.62. The normalized spacial score (nSPS) is 12.3. The lowest BCUT2D eigenvalue weighted by Crippen LogP contribution is -2.28. The molecule has 0 aliphatic carbocycles. The molecule has 0 fully saturated rings. The van der Waals surface area contributed by atoms with Gasteiger partial charge in [-0.2, -0.15) is 0 Å². The van der Waals surface area contributed by atoms with E-state index in [0.717, 1.165) is 17.7 Å². The fraction of sp³-hybridized carbons (Fsp3) is 0.409. The number of rotatable bonds is 7. The van der Waals surface area contributed by atoms with Crippen molar-refractivity contribution in [1.29, 1.82) is 0 Å². The molecule has 3 heteroatoms. The highest BCUT2D eigenvalue weighted by Crippen LogP contribution is 2.21. The Hall–Kier alpha value is -2.29. The van der Waals surface area contributed by atoms with Gasteiger partial charge in [-0.3, -0.25) is 4.79 Å².